The molecule has 1 fully saturated rings. The van der Waals surface area contributed by atoms with Gasteiger partial charge in [0.25, 0.3) is 0 Å². The number of rotatable bonds is 4. The third-order valence-electron chi connectivity index (χ3n) is 3.56. The minimum atomic E-state index is -3.30. The maximum absolute atomic E-state index is 13.6. The number of nitrogens with zero attached hydrogens (tertiary/aromatic N) is 2. The zero-order valence-corrected chi connectivity index (χ0v) is 14.9. The van der Waals surface area contributed by atoms with Gasteiger partial charge in [-0.15, -0.1) is 0 Å². The predicted octanol–water partition coefficient (Wildman–Crippen LogP) is 1.71. The van der Waals surface area contributed by atoms with Crippen molar-refractivity contribution in [3.63, 3.8) is 0 Å². The van der Waals surface area contributed by atoms with E-state index in [1.54, 1.807) is 6.07 Å². The molecule has 23 heavy (non-hydrogen) atoms. The molecule has 0 radical (unpaired) electrons. The molecule has 9 heteroatoms. The molecule has 1 aliphatic heterocycles. The van der Waals surface area contributed by atoms with Gasteiger partial charge in [-0.1, -0.05) is 15.9 Å². The van der Waals surface area contributed by atoms with E-state index in [4.69, 9.17) is 0 Å². The molecular formula is C14H17BrFN3O3S. The Morgan fingerprint density at radius 2 is 2.26 bits per heavy atom. The molecule has 0 bridgehead atoms. The number of benzene rings is 1. The zero-order chi connectivity index (χ0) is 17.0. The van der Waals surface area contributed by atoms with Crippen molar-refractivity contribution >= 4 is 38.1 Å². The van der Waals surface area contributed by atoms with Crippen molar-refractivity contribution in [3.05, 3.63) is 34.1 Å². The summed E-state index contributed by atoms with van der Waals surface area (Å²) in [6.45, 7) is 0.572. The molecule has 126 valence electrons. The highest BCUT2D eigenvalue weighted by Crippen LogP contribution is 2.19. The maximum atomic E-state index is 13.6. The van der Waals surface area contributed by atoms with E-state index < -0.39 is 21.8 Å². The Bertz CT molecular complexity index is 724. The molecule has 1 heterocycles. The monoisotopic (exact) mass is 405 g/mol. The number of carbonyl (C=O) groups is 1. The first kappa shape index (κ1) is 18.0. The number of hydrogen-bond acceptors (Lipinski definition) is 4. The Hall–Kier alpha value is -1.32. The number of hydrazone groups is 1. The van der Waals surface area contributed by atoms with Gasteiger partial charge in [-0.3, -0.25) is 4.79 Å². The van der Waals surface area contributed by atoms with Crippen molar-refractivity contribution in [2.45, 2.75) is 12.8 Å². The summed E-state index contributed by atoms with van der Waals surface area (Å²) in [4.78, 5) is 12.1. The first-order valence-electron chi connectivity index (χ1n) is 7.00. The lowest BCUT2D eigenvalue weighted by atomic mass is 9.99. The van der Waals surface area contributed by atoms with E-state index in [-0.39, 0.29) is 18.0 Å². The number of amides is 1. The molecule has 1 atom stereocenters. The largest absolute Gasteiger partial charge is 0.273 e. The van der Waals surface area contributed by atoms with Crippen LogP contribution in [0.2, 0.25) is 0 Å². The van der Waals surface area contributed by atoms with Crippen LogP contribution in [0.25, 0.3) is 0 Å². The van der Waals surface area contributed by atoms with Crippen LogP contribution >= 0.6 is 15.9 Å². The lowest BCUT2D eigenvalue weighted by Crippen LogP contribution is -2.44. The van der Waals surface area contributed by atoms with Gasteiger partial charge in [0.1, 0.15) is 5.82 Å². The zero-order valence-electron chi connectivity index (χ0n) is 12.5. The molecule has 0 aromatic heterocycles. The summed E-state index contributed by atoms with van der Waals surface area (Å²) in [6.07, 6.45) is 3.56. The van der Waals surface area contributed by atoms with Crippen LogP contribution in [-0.2, 0) is 14.8 Å². The van der Waals surface area contributed by atoms with E-state index in [9.17, 15) is 17.6 Å². The fraction of sp³-hybridized carbons (Fsp3) is 0.429. The third-order valence-corrected chi connectivity index (χ3v) is 5.33. The summed E-state index contributed by atoms with van der Waals surface area (Å²) in [5.41, 5.74) is 2.59. The number of carbonyl (C=O) groups excluding carboxylic acids is 1. The number of nitrogens with one attached hydrogen (secondary N) is 1. The van der Waals surface area contributed by atoms with Crippen LogP contribution in [0.15, 0.2) is 27.8 Å². The van der Waals surface area contributed by atoms with Crippen molar-refractivity contribution < 1.29 is 17.6 Å². The van der Waals surface area contributed by atoms with E-state index in [2.05, 4.69) is 26.5 Å². The molecule has 6 nitrogen and oxygen atoms in total. The Balaban J connectivity index is 1.95. The molecule has 1 unspecified atom stereocenters. The highest BCUT2D eigenvalue weighted by molar-refractivity contribution is 9.10. The average Bonchev–Trinajstić information content (AvgIpc) is 2.48. The third kappa shape index (κ3) is 5.08. The summed E-state index contributed by atoms with van der Waals surface area (Å²) < 4.78 is 38.6. The van der Waals surface area contributed by atoms with Gasteiger partial charge in [0.15, 0.2) is 0 Å². The van der Waals surface area contributed by atoms with Crippen molar-refractivity contribution in [1.82, 2.24) is 9.73 Å². The fourth-order valence-electron chi connectivity index (χ4n) is 2.32. The van der Waals surface area contributed by atoms with E-state index in [0.717, 1.165) is 6.26 Å². The highest BCUT2D eigenvalue weighted by Gasteiger charge is 2.29. The maximum Gasteiger partial charge on any atom is 0.244 e. The van der Waals surface area contributed by atoms with Gasteiger partial charge in [0, 0.05) is 23.1 Å². The van der Waals surface area contributed by atoms with Gasteiger partial charge < -0.3 is 0 Å². The Labute approximate surface area is 142 Å². The number of halogens is 2. The van der Waals surface area contributed by atoms with Crippen LogP contribution in [-0.4, -0.2) is 44.2 Å². The first-order chi connectivity index (χ1) is 10.8. The van der Waals surface area contributed by atoms with Gasteiger partial charge in [0.2, 0.25) is 15.9 Å². The molecule has 1 aliphatic rings. The molecule has 1 aromatic carbocycles. The van der Waals surface area contributed by atoms with E-state index >= 15 is 0 Å². The number of piperidine rings is 1. The lowest BCUT2D eigenvalue weighted by Gasteiger charge is -2.29. The molecule has 0 aliphatic carbocycles. The van der Waals surface area contributed by atoms with Crippen LogP contribution in [0.3, 0.4) is 0 Å². The van der Waals surface area contributed by atoms with E-state index in [0.29, 0.717) is 23.9 Å². The second-order valence-electron chi connectivity index (χ2n) is 5.36. The SMILES string of the molecule is CS(=O)(=O)N1CCCC(C(=O)N/N=C/c2ccc(Br)cc2F)C1. The molecule has 0 spiro atoms. The Kier molecular flexibility index (Phi) is 5.88. The molecule has 1 N–H and O–H groups in total. The van der Waals surface area contributed by atoms with Crippen molar-refractivity contribution in [3.8, 4) is 0 Å². The molecule has 1 saturated heterocycles. The number of hydrogen-bond donors (Lipinski definition) is 1. The van der Waals surface area contributed by atoms with Crippen LogP contribution < -0.4 is 5.43 Å². The van der Waals surface area contributed by atoms with Crippen LogP contribution in [0.1, 0.15) is 18.4 Å². The lowest BCUT2D eigenvalue weighted by molar-refractivity contribution is -0.126. The molecule has 2 rings (SSSR count). The van der Waals surface area contributed by atoms with Gasteiger partial charge in [-0.05, 0) is 31.0 Å². The highest BCUT2D eigenvalue weighted by atomic mass is 79.9. The average molecular weight is 406 g/mol. The Morgan fingerprint density at radius 3 is 2.91 bits per heavy atom. The minimum absolute atomic E-state index is 0.146. The van der Waals surface area contributed by atoms with Crippen LogP contribution in [0.5, 0.6) is 0 Å². The van der Waals surface area contributed by atoms with Gasteiger partial charge >= 0.3 is 0 Å². The quantitative estimate of drug-likeness (QED) is 0.611. The number of sulfonamides is 1. The Morgan fingerprint density at radius 1 is 1.52 bits per heavy atom. The second-order valence-corrected chi connectivity index (χ2v) is 8.26. The van der Waals surface area contributed by atoms with Crippen molar-refractivity contribution in [2.24, 2.45) is 11.0 Å². The van der Waals surface area contributed by atoms with Crippen molar-refractivity contribution in [1.29, 1.82) is 0 Å². The molecule has 1 aromatic rings. The summed E-state index contributed by atoms with van der Waals surface area (Å²) in [5.74, 6) is -1.28. The van der Waals surface area contributed by atoms with Gasteiger partial charge in [0.05, 0.1) is 18.4 Å². The first-order valence-corrected chi connectivity index (χ1v) is 9.64. The smallest absolute Gasteiger partial charge is 0.244 e. The summed E-state index contributed by atoms with van der Waals surface area (Å²) in [6, 6.07) is 4.49. The van der Waals surface area contributed by atoms with Gasteiger partial charge in [-0.2, -0.15) is 5.10 Å². The molecular weight excluding hydrogens is 389 g/mol. The predicted molar refractivity (Wildman–Crippen MR) is 89.0 cm³/mol. The summed E-state index contributed by atoms with van der Waals surface area (Å²) >= 11 is 3.15. The van der Waals surface area contributed by atoms with E-state index in [1.807, 2.05) is 0 Å². The standard InChI is InChI=1S/C14H17BrFN3O3S/c1-23(21,22)19-6-2-3-11(9-19)14(20)18-17-8-10-4-5-12(15)7-13(10)16/h4-5,7-8,11H,2-3,6,9H2,1H3,(H,18,20)/b17-8+. The minimum Gasteiger partial charge on any atom is -0.273 e. The van der Waals surface area contributed by atoms with Crippen LogP contribution in [0, 0.1) is 11.7 Å². The summed E-state index contributed by atoms with van der Waals surface area (Å²) in [5, 5.41) is 3.75. The van der Waals surface area contributed by atoms with Crippen LogP contribution in [0.4, 0.5) is 4.39 Å². The van der Waals surface area contributed by atoms with E-state index in [1.165, 1.54) is 22.7 Å². The molecule has 0 saturated carbocycles. The second kappa shape index (κ2) is 7.50. The molecule has 1 amide bonds. The van der Waals surface area contributed by atoms with Crippen molar-refractivity contribution in [2.75, 3.05) is 19.3 Å². The van der Waals surface area contributed by atoms with Gasteiger partial charge in [-0.25, -0.2) is 22.5 Å². The normalized spacial score (nSPS) is 19.9. The fourth-order valence-corrected chi connectivity index (χ4v) is 3.57. The summed E-state index contributed by atoms with van der Waals surface area (Å²) in [7, 11) is -3.30. The topological polar surface area (TPSA) is 78.8 Å².